The lowest BCUT2D eigenvalue weighted by atomic mass is 9.83. The van der Waals surface area contributed by atoms with E-state index >= 15 is 0 Å². The highest BCUT2D eigenvalue weighted by Crippen LogP contribution is 2.27. The Morgan fingerprint density at radius 1 is 1.36 bits per heavy atom. The van der Waals surface area contributed by atoms with Gasteiger partial charge in [-0.3, -0.25) is 4.79 Å². The molecule has 2 unspecified atom stereocenters. The monoisotopic (exact) mass is 326 g/mol. The first-order valence-electron chi connectivity index (χ1n) is 7.89. The number of anilines is 1. The van der Waals surface area contributed by atoms with Crippen LogP contribution in [0, 0.1) is 12.8 Å². The number of rotatable bonds is 5. The predicted molar refractivity (Wildman–Crippen MR) is 92.8 cm³/mol. The van der Waals surface area contributed by atoms with Crippen molar-refractivity contribution in [3.8, 4) is 5.75 Å². The van der Waals surface area contributed by atoms with Gasteiger partial charge in [-0.15, -0.1) is 12.4 Å². The summed E-state index contributed by atoms with van der Waals surface area (Å²) in [6.45, 7) is 4.58. The van der Waals surface area contributed by atoms with Crippen molar-refractivity contribution in [2.45, 2.75) is 52.0 Å². The van der Waals surface area contributed by atoms with Gasteiger partial charge in [0.25, 0.3) is 0 Å². The van der Waals surface area contributed by atoms with E-state index in [2.05, 4.69) is 5.32 Å². The second-order valence-electron chi connectivity index (χ2n) is 5.87. The topological polar surface area (TPSA) is 64.3 Å². The molecule has 2 rings (SSSR count). The number of nitrogens with one attached hydrogen (secondary N) is 1. The SMILES string of the molecule is CCOc1ccc(NC(=O)CC2CCCCC2N)c(C)c1.Cl. The van der Waals surface area contributed by atoms with Crippen LogP contribution in [0.25, 0.3) is 0 Å². The predicted octanol–water partition coefficient (Wildman–Crippen LogP) is 3.66. The number of carbonyl (C=O) groups excluding carboxylic acids is 1. The average molecular weight is 327 g/mol. The van der Waals surface area contributed by atoms with Crippen LogP contribution in [0.1, 0.15) is 44.6 Å². The molecule has 22 heavy (non-hydrogen) atoms. The fourth-order valence-electron chi connectivity index (χ4n) is 2.96. The van der Waals surface area contributed by atoms with Crippen molar-refractivity contribution in [2.24, 2.45) is 11.7 Å². The maximum atomic E-state index is 12.2. The average Bonchev–Trinajstić information content (AvgIpc) is 2.45. The van der Waals surface area contributed by atoms with Crippen LogP contribution in [-0.2, 0) is 4.79 Å². The quantitative estimate of drug-likeness (QED) is 0.867. The minimum absolute atomic E-state index is 0. The van der Waals surface area contributed by atoms with Gasteiger partial charge in [0.15, 0.2) is 0 Å². The van der Waals surface area contributed by atoms with Gasteiger partial charge in [0.05, 0.1) is 6.61 Å². The van der Waals surface area contributed by atoms with E-state index < -0.39 is 0 Å². The smallest absolute Gasteiger partial charge is 0.224 e. The van der Waals surface area contributed by atoms with Crippen LogP contribution >= 0.6 is 12.4 Å². The summed E-state index contributed by atoms with van der Waals surface area (Å²) < 4.78 is 5.45. The van der Waals surface area contributed by atoms with Gasteiger partial charge in [-0.2, -0.15) is 0 Å². The zero-order valence-electron chi connectivity index (χ0n) is 13.4. The first kappa shape index (κ1) is 18.8. The normalized spacial score (nSPS) is 20.9. The Morgan fingerprint density at radius 2 is 2.09 bits per heavy atom. The van der Waals surface area contributed by atoms with Gasteiger partial charge in [-0.25, -0.2) is 0 Å². The molecule has 3 N–H and O–H groups in total. The molecule has 0 bridgehead atoms. The third kappa shape index (κ3) is 5.18. The Labute approximate surface area is 139 Å². The Balaban J connectivity index is 0.00000242. The molecule has 0 saturated heterocycles. The standard InChI is InChI=1S/C17H26N2O2.ClH/c1-3-21-14-8-9-16(12(2)10-14)19-17(20)11-13-6-4-5-7-15(13)18;/h8-10,13,15H,3-7,11,18H2,1-2H3,(H,19,20);1H. The summed E-state index contributed by atoms with van der Waals surface area (Å²) in [5.74, 6) is 1.22. The van der Waals surface area contributed by atoms with Gasteiger partial charge in [0, 0.05) is 18.2 Å². The minimum atomic E-state index is 0. The van der Waals surface area contributed by atoms with Crippen LogP contribution in [-0.4, -0.2) is 18.6 Å². The lowest BCUT2D eigenvalue weighted by Gasteiger charge is -2.28. The molecule has 1 saturated carbocycles. The summed E-state index contributed by atoms with van der Waals surface area (Å²) in [7, 11) is 0. The molecular weight excluding hydrogens is 300 g/mol. The van der Waals surface area contributed by atoms with E-state index in [-0.39, 0.29) is 24.4 Å². The number of ether oxygens (including phenoxy) is 1. The number of aryl methyl sites for hydroxylation is 1. The molecule has 0 heterocycles. The van der Waals surface area contributed by atoms with Gasteiger partial charge in [-0.1, -0.05) is 12.8 Å². The Morgan fingerprint density at radius 3 is 2.73 bits per heavy atom. The van der Waals surface area contributed by atoms with Crippen LogP contribution in [0.15, 0.2) is 18.2 Å². The molecule has 1 aromatic carbocycles. The Hall–Kier alpha value is -1.26. The molecule has 1 fully saturated rings. The summed E-state index contributed by atoms with van der Waals surface area (Å²) in [5, 5.41) is 3.00. The largest absolute Gasteiger partial charge is 0.494 e. The molecule has 0 spiro atoms. The van der Waals surface area contributed by atoms with Gasteiger partial charge in [0.2, 0.25) is 5.91 Å². The van der Waals surface area contributed by atoms with Gasteiger partial charge in [-0.05, 0) is 56.4 Å². The first-order valence-corrected chi connectivity index (χ1v) is 7.89. The molecule has 1 aliphatic rings. The Kier molecular flexibility index (Phi) is 7.69. The van der Waals surface area contributed by atoms with Crippen LogP contribution in [0.3, 0.4) is 0 Å². The zero-order valence-corrected chi connectivity index (χ0v) is 14.2. The lowest BCUT2D eigenvalue weighted by Crippen LogP contribution is -2.35. The number of hydrogen-bond donors (Lipinski definition) is 2. The molecule has 0 aromatic heterocycles. The third-order valence-electron chi connectivity index (χ3n) is 4.20. The lowest BCUT2D eigenvalue weighted by molar-refractivity contribution is -0.117. The van der Waals surface area contributed by atoms with E-state index in [9.17, 15) is 4.79 Å². The highest BCUT2D eigenvalue weighted by molar-refractivity contribution is 5.91. The molecule has 0 radical (unpaired) electrons. The molecule has 1 aliphatic carbocycles. The van der Waals surface area contributed by atoms with Crippen molar-refractivity contribution in [3.63, 3.8) is 0 Å². The second-order valence-corrected chi connectivity index (χ2v) is 5.87. The maximum absolute atomic E-state index is 12.2. The number of nitrogens with two attached hydrogens (primary N) is 1. The molecule has 1 aromatic rings. The van der Waals surface area contributed by atoms with Crippen molar-refractivity contribution in [2.75, 3.05) is 11.9 Å². The van der Waals surface area contributed by atoms with Gasteiger partial charge < -0.3 is 15.8 Å². The van der Waals surface area contributed by atoms with Crippen molar-refractivity contribution < 1.29 is 9.53 Å². The fraction of sp³-hybridized carbons (Fsp3) is 0.588. The van der Waals surface area contributed by atoms with Crippen LogP contribution in [0.4, 0.5) is 5.69 Å². The molecule has 1 amide bonds. The number of hydrogen-bond acceptors (Lipinski definition) is 3. The van der Waals surface area contributed by atoms with E-state index in [1.54, 1.807) is 0 Å². The van der Waals surface area contributed by atoms with Crippen LogP contribution < -0.4 is 15.8 Å². The number of benzene rings is 1. The van der Waals surface area contributed by atoms with Crippen LogP contribution in [0.2, 0.25) is 0 Å². The van der Waals surface area contributed by atoms with Gasteiger partial charge in [0.1, 0.15) is 5.75 Å². The maximum Gasteiger partial charge on any atom is 0.224 e. The van der Waals surface area contributed by atoms with E-state index in [0.717, 1.165) is 29.8 Å². The highest BCUT2D eigenvalue weighted by atomic mass is 35.5. The first-order chi connectivity index (χ1) is 10.1. The molecular formula is C17H27ClN2O2. The number of amides is 1. The number of halogens is 1. The summed E-state index contributed by atoms with van der Waals surface area (Å²) in [6.07, 6.45) is 5.01. The van der Waals surface area contributed by atoms with E-state index in [0.29, 0.717) is 18.9 Å². The van der Waals surface area contributed by atoms with E-state index in [1.165, 1.54) is 12.8 Å². The summed E-state index contributed by atoms with van der Waals surface area (Å²) >= 11 is 0. The fourth-order valence-corrected chi connectivity index (χ4v) is 2.96. The van der Waals surface area contributed by atoms with E-state index in [1.807, 2.05) is 32.0 Å². The molecule has 5 heteroatoms. The molecule has 2 atom stereocenters. The zero-order chi connectivity index (χ0) is 15.2. The van der Waals surface area contributed by atoms with Crippen molar-refractivity contribution in [1.82, 2.24) is 0 Å². The summed E-state index contributed by atoms with van der Waals surface area (Å²) in [4.78, 5) is 12.2. The summed E-state index contributed by atoms with van der Waals surface area (Å²) in [6, 6.07) is 5.91. The third-order valence-corrected chi connectivity index (χ3v) is 4.20. The molecule has 124 valence electrons. The highest BCUT2D eigenvalue weighted by Gasteiger charge is 2.24. The van der Waals surface area contributed by atoms with Crippen molar-refractivity contribution >= 4 is 24.0 Å². The minimum Gasteiger partial charge on any atom is -0.494 e. The van der Waals surface area contributed by atoms with Crippen LogP contribution in [0.5, 0.6) is 5.75 Å². The van der Waals surface area contributed by atoms with Gasteiger partial charge >= 0.3 is 0 Å². The summed E-state index contributed by atoms with van der Waals surface area (Å²) in [5.41, 5.74) is 7.98. The molecule has 0 aliphatic heterocycles. The van der Waals surface area contributed by atoms with Crippen molar-refractivity contribution in [3.05, 3.63) is 23.8 Å². The second kappa shape index (κ2) is 9.01. The number of carbonyl (C=O) groups is 1. The van der Waals surface area contributed by atoms with Crippen molar-refractivity contribution in [1.29, 1.82) is 0 Å². The van der Waals surface area contributed by atoms with E-state index in [4.69, 9.17) is 10.5 Å². The molecule has 4 nitrogen and oxygen atoms in total. The Bertz CT molecular complexity index is 494.